The fourth-order valence-electron chi connectivity index (χ4n) is 3.37. The largest absolute Gasteiger partial charge is 0.460 e. The number of benzene rings is 2. The van der Waals surface area contributed by atoms with Gasteiger partial charge in [-0.05, 0) is 56.0 Å². The number of aryl methyl sites for hydroxylation is 2. The minimum atomic E-state index is -0.444. The first-order valence-corrected chi connectivity index (χ1v) is 10.4. The second kappa shape index (κ2) is 10.6. The molecule has 0 aromatic heterocycles. The highest BCUT2D eigenvalue weighted by atomic mass is 16.5. The van der Waals surface area contributed by atoms with Gasteiger partial charge in [-0.3, -0.25) is 9.59 Å². The van der Waals surface area contributed by atoms with Crippen molar-refractivity contribution < 1.29 is 19.1 Å². The van der Waals surface area contributed by atoms with Crippen LogP contribution in [0.2, 0.25) is 0 Å². The minimum absolute atomic E-state index is 0.0674. The first-order chi connectivity index (χ1) is 14.5. The third kappa shape index (κ3) is 6.17. The Hall–Kier alpha value is -3.15. The summed E-state index contributed by atoms with van der Waals surface area (Å²) in [7, 11) is 0. The molecule has 1 heterocycles. The molecule has 30 heavy (non-hydrogen) atoms. The van der Waals surface area contributed by atoms with Gasteiger partial charge in [0, 0.05) is 25.1 Å². The smallest absolute Gasteiger partial charge is 0.338 e. The van der Waals surface area contributed by atoms with Crippen LogP contribution in [0.4, 0.5) is 5.69 Å². The minimum Gasteiger partial charge on any atom is -0.460 e. The monoisotopic (exact) mass is 408 g/mol. The van der Waals surface area contributed by atoms with E-state index in [0.717, 1.165) is 24.1 Å². The second-order valence-electron chi connectivity index (χ2n) is 7.52. The van der Waals surface area contributed by atoms with Gasteiger partial charge >= 0.3 is 5.97 Å². The van der Waals surface area contributed by atoms with E-state index in [0.29, 0.717) is 31.4 Å². The van der Waals surface area contributed by atoms with E-state index in [1.165, 1.54) is 5.56 Å². The van der Waals surface area contributed by atoms with Gasteiger partial charge < -0.3 is 15.0 Å². The van der Waals surface area contributed by atoms with Gasteiger partial charge in [-0.1, -0.05) is 29.8 Å². The highest BCUT2D eigenvalue weighted by Crippen LogP contribution is 2.21. The molecule has 2 aromatic rings. The lowest BCUT2D eigenvalue weighted by molar-refractivity contribution is -0.121. The number of anilines is 1. The SMILES string of the molecule is Cc1ccc(CCC(=O)NCCOC(=O)c2ccc(N3CCCCC3=O)cc2)cc1. The molecular formula is C24H28N2O4. The third-order valence-corrected chi connectivity index (χ3v) is 5.16. The quantitative estimate of drug-likeness (QED) is 0.536. The fourth-order valence-corrected chi connectivity index (χ4v) is 3.37. The predicted octanol–water partition coefficient (Wildman–Crippen LogP) is 3.42. The molecule has 158 valence electrons. The lowest BCUT2D eigenvalue weighted by atomic mass is 10.1. The van der Waals surface area contributed by atoms with Crippen LogP contribution in [0.15, 0.2) is 48.5 Å². The predicted molar refractivity (Wildman–Crippen MR) is 115 cm³/mol. The number of nitrogens with one attached hydrogen (secondary N) is 1. The van der Waals surface area contributed by atoms with Gasteiger partial charge in [-0.25, -0.2) is 4.79 Å². The van der Waals surface area contributed by atoms with Crippen molar-refractivity contribution in [1.82, 2.24) is 5.32 Å². The number of amides is 2. The van der Waals surface area contributed by atoms with Crippen molar-refractivity contribution in [3.8, 4) is 0 Å². The average Bonchev–Trinajstić information content (AvgIpc) is 2.76. The van der Waals surface area contributed by atoms with Crippen LogP contribution in [0.5, 0.6) is 0 Å². The Balaban J connectivity index is 1.36. The zero-order chi connectivity index (χ0) is 21.3. The van der Waals surface area contributed by atoms with Crippen LogP contribution in [-0.2, 0) is 20.7 Å². The topological polar surface area (TPSA) is 75.7 Å². The molecule has 0 spiro atoms. The molecule has 0 bridgehead atoms. The summed E-state index contributed by atoms with van der Waals surface area (Å²) >= 11 is 0. The van der Waals surface area contributed by atoms with E-state index in [1.807, 2.05) is 31.2 Å². The molecule has 0 aliphatic carbocycles. The molecular weight excluding hydrogens is 380 g/mol. The first kappa shape index (κ1) is 21.6. The number of carbonyl (C=O) groups excluding carboxylic acids is 3. The molecule has 1 aliphatic heterocycles. The molecule has 2 amide bonds. The molecule has 3 rings (SSSR count). The Morgan fingerprint density at radius 3 is 2.47 bits per heavy atom. The lowest BCUT2D eigenvalue weighted by Gasteiger charge is -2.26. The number of rotatable bonds is 8. The van der Waals surface area contributed by atoms with Crippen molar-refractivity contribution in [3.63, 3.8) is 0 Å². The molecule has 2 aromatic carbocycles. The maximum Gasteiger partial charge on any atom is 0.338 e. The Kier molecular flexibility index (Phi) is 7.60. The van der Waals surface area contributed by atoms with Crippen LogP contribution in [0, 0.1) is 6.92 Å². The molecule has 1 aliphatic rings. The molecule has 1 N–H and O–H groups in total. The number of carbonyl (C=O) groups is 3. The maximum absolute atomic E-state index is 12.2. The summed E-state index contributed by atoms with van der Waals surface area (Å²) in [5.74, 6) is -0.391. The highest BCUT2D eigenvalue weighted by Gasteiger charge is 2.19. The van der Waals surface area contributed by atoms with E-state index in [1.54, 1.807) is 29.2 Å². The van der Waals surface area contributed by atoms with Gasteiger partial charge in [-0.2, -0.15) is 0 Å². The number of ether oxygens (including phenoxy) is 1. The van der Waals surface area contributed by atoms with E-state index in [9.17, 15) is 14.4 Å². The van der Waals surface area contributed by atoms with Gasteiger partial charge in [-0.15, -0.1) is 0 Å². The number of esters is 1. The van der Waals surface area contributed by atoms with Gasteiger partial charge in [0.05, 0.1) is 12.1 Å². The van der Waals surface area contributed by atoms with Crippen LogP contribution >= 0.6 is 0 Å². The Bertz CT molecular complexity index is 875. The van der Waals surface area contributed by atoms with Gasteiger partial charge in [0.2, 0.25) is 11.8 Å². The molecule has 0 radical (unpaired) electrons. The van der Waals surface area contributed by atoms with Gasteiger partial charge in [0.25, 0.3) is 0 Å². The van der Waals surface area contributed by atoms with Gasteiger partial charge in [0.15, 0.2) is 0 Å². The van der Waals surface area contributed by atoms with Crippen LogP contribution in [0.3, 0.4) is 0 Å². The first-order valence-electron chi connectivity index (χ1n) is 10.4. The summed E-state index contributed by atoms with van der Waals surface area (Å²) in [6, 6.07) is 15.0. The summed E-state index contributed by atoms with van der Waals surface area (Å²) < 4.78 is 5.23. The Morgan fingerprint density at radius 1 is 1.03 bits per heavy atom. The van der Waals surface area contributed by atoms with Crippen molar-refractivity contribution in [2.24, 2.45) is 0 Å². The number of hydrogen-bond donors (Lipinski definition) is 1. The zero-order valence-corrected chi connectivity index (χ0v) is 17.4. The summed E-state index contributed by atoms with van der Waals surface area (Å²) in [4.78, 5) is 37.8. The second-order valence-corrected chi connectivity index (χ2v) is 7.52. The van der Waals surface area contributed by atoms with Gasteiger partial charge in [0.1, 0.15) is 6.61 Å². The molecule has 0 atom stereocenters. The number of nitrogens with zero attached hydrogens (tertiary/aromatic N) is 1. The summed E-state index contributed by atoms with van der Waals surface area (Å²) in [6.45, 7) is 3.13. The van der Waals surface area contributed by atoms with E-state index >= 15 is 0 Å². The van der Waals surface area contributed by atoms with Crippen molar-refractivity contribution in [2.45, 2.75) is 39.0 Å². The average molecular weight is 408 g/mol. The standard InChI is InChI=1S/C24H28N2O4/c1-18-5-7-19(8-6-18)9-14-22(27)25-15-17-30-24(29)20-10-12-21(13-11-20)26-16-3-2-4-23(26)28/h5-8,10-13H,2-4,9,14-17H2,1H3,(H,25,27). The zero-order valence-electron chi connectivity index (χ0n) is 17.4. The third-order valence-electron chi connectivity index (χ3n) is 5.16. The van der Waals surface area contributed by atoms with Crippen molar-refractivity contribution >= 4 is 23.5 Å². The van der Waals surface area contributed by atoms with Crippen LogP contribution in [-0.4, -0.2) is 37.5 Å². The molecule has 0 saturated carbocycles. The number of hydrogen-bond acceptors (Lipinski definition) is 4. The van der Waals surface area contributed by atoms with Crippen LogP contribution in [0.25, 0.3) is 0 Å². The van der Waals surface area contributed by atoms with Crippen molar-refractivity contribution in [2.75, 3.05) is 24.6 Å². The number of piperidine rings is 1. The van der Waals surface area contributed by atoms with E-state index in [2.05, 4.69) is 5.32 Å². The van der Waals surface area contributed by atoms with Crippen LogP contribution < -0.4 is 10.2 Å². The summed E-state index contributed by atoms with van der Waals surface area (Å²) in [5.41, 5.74) is 3.54. The Morgan fingerprint density at radius 2 is 1.77 bits per heavy atom. The van der Waals surface area contributed by atoms with E-state index < -0.39 is 5.97 Å². The van der Waals surface area contributed by atoms with E-state index in [4.69, 9.17) is 4.74 Å². The molecule has 6 heteroatoms. The van der Waals surface area contributed by atoms with Crippen LogP contribution in [0.1, 0.15) is 47.2 Å². The normalized spacial score (nSPS) is 13.8. The Labute approximate surface area is 177 Å². The lowest BCUT2D eigenvalue weighted by Crippen LogP contribution is -2.35. The molecule has 1 fully saturated rings. The van der Waals surface area contributed by atoms with Crippen molar-refractivity contribution in [1.29, 1.82) is 0 Å². The highest BCUT2D eigenvalue weighted by molar-refractivity contribution is 5.95. The molecule has 0 unspecified atom stereocenters. The maximum atomic E-state index is 12.2. The van der Waals surface area contributed by atoms with E-state index in [-0.39, 0.29) is 25.0 Å². The molecule has 6 nitrogen and oxygen atoms in total. The summed E-state index contributed by atoms with van der Waals surface area (Å²) in [6.07, 6.45) is 3.57. The summed E-state index contributed by atoms with van der Waals surface area (Å²) in [5, 5.41) is 2.77. The van der Waals surface area contributed by atoms with Crippen molar-refractivity contribution in [3.05, 3.63) is 65.2 Å². The molecule has 1 saturated heterocycles. The fraction of sp³-hybridized carbons (Fsp3) is 0.375.